The molecule has 0 aromatic carbocycles. The van der Waals surface area contributed by atoms with Gasteiger partial charge in [-0.25, -0.2) is 14.6 Å². The number of amides is 1. The number of hydrogen-bond acceptors (Lipinski definition) is 4. The molecule has 0 radical (unpaired) electrons. The summed E-state index contributed by atoms with van der Waals surface area (Å²) in [5.74, 6) is -2.40. The molecule has 92 valence electrons. The highest BCUT2D eigenvalue weighted by molar-refractivity contribution is 5.84. The molecule has 1 aromatic rings. The lowest BCUT2D eigenvalue weighted by Gasteiger charge is -2.13. The third kappa shape index (κ3) is 3.93. The molecule has 1 heterocycles. The second-order valence-corrected chi connectivity index (χ2v) is 3.24. The molecule has 0 bridgehead atoms. The van der Waals surface area contributed by atoms with E-state index in [1.54, 1.807) is 0 Å². The molecular formula is C9H11N3O5. The Hall–Kier alpha value is -2.38. The molecule has 0 fully saturated rings. The minimum Gasteiger partial charge on any atom is -0.481 e. The van der Waals surface area contributed by atoms with E-state index in [9.17, 15) is 14.4 Å². The van der Waals surface area contributed by atoms with E-state index in [0.29, 0.717) is 0 Å². The van der Waals surface area contributed by atoms with Crippen molar-refractivity contribution >= 4 is 18.0 Å². The lowest BCUT2D eigenvalue weighted by Crippen LogP contribution is -2.42. The van der Waals surface area contributed by atoms with Crippen molar-refractivity contribution in [2.75, 3.05) is 0 Å². The number of hydrogen-bond donors (Lipinski definition) is 3. The molecule has 0 spiro atoms. The first-order chi connectivity index (χ1) is 8.00. The molecule has 1 aromatic heterocycles. The average Bonchev–Trinajstić information content (AvgIpc) is 2.76. The smallest absolute Gasteiger partial charge is 0.327 e. The van der Waals surface area contributed by atoms with Crippen LogP contribution in [0.15, 0.2) is 18.7 Å². The van der Waals surface area contributed by atoms with Gasteiger partial charge in [-0.3, -0.25) is 9.36 Å². The largest absolute Gasteiger partial charge is 0.481 e. The van der Waals surface area contributed by atoms with Crippen LogP contribution in [0.5, 0.6) is 0 Å². The molecule has 3 N–H and O–H groups in total. The van der Waals surface area contributed by atoms with Gasteiger partial charge in [0, 0.05) is 18.8 Å². The molecule has 0 unspecified atom stereocenters. The number of imidazole rings is 1. The van der Waals surface area contributed by atoms with Gasteiger partial charge in [0.25, 0.3) is 0 Å². The Labute approximate surface area is 95.9 Å². The van der Waals surface area contributed by atoms with Crippen LogP contribution in [0.4, 0.5) is 4.79 Å². The number of carboxylic acids is 2. The van der Waals surface area contributed by atoms with Gasteiger partial charge in [-0.15, -0.1) is 0 Å². The van der Waals surface area contributed by atoms with Gasteiger partial charge in [0.05, 0.1) is 0 Å². The highest BCUT2D eigenvalue weighted by atomic mass is 16.4. The van der Waals surface area contributed by atoms with Crippen molar-refractivity contribution < 1.29 is 24.6 Å². The van der Waals surface area contributed by atoms with Crippen LogP contribution in [0.2, 0.25) is 0 Å². The van der Waals surface area contributed by atoms with Crippen molar-refractivity contribution in [3.8, 4) is 0 Å². The number of carbonyl (C=O) groups is 3. The van der Waals surface area contributed by atoms with E-state index in [2.05, 4.69) is 10.3 Å². The summed E-state index contributed by atoms with van der Waals surface area (Å²) in [6.07, 6.45) is 3.43. The van der Waals surface area contributed by atoms with Crippen LogP contribution in [0.3, 0.4) is 0 Å². The van der Waals surface area contributed by atoms with Crippen LogP contribution < -0.4 is 5.32 Å². The molecule has 1 rings (SSSR count). The molecule has 0 aliphatic rings. The van der Waals surface area contributed by atoms with E-state index in [-0.39, 0.29) is 12.8 Å². The van der Waals surface area contributed by atoms with Gasteiger partial charge in [0.15, 0.2) is 0 Å². The summed E-state index contributed by atoms with van der Waals surface area (Å²) < 4.78 is 1.07. The van der Waals surface area contributed by atoms with Crippen LogP contribution in [0, 0.1) is 0 Å². The Morgan fingerprint density at radius 2 is 2.06 bits per heavy atom. The first kappa shape index (κ1) is 12.7. The van der Waals surface area contributed by atoms with Gasteiger partial charge in [0.1, 0.15) is 12.4 Å². The maximum atomic E-state index is 11.5. The van der Waals surface area contributed by atoms with Gasteiger partial charge < -0.3 is 15.5 Å². The Balaban J connectivity index is 2.58. The summed E-state index contributed by atoms with van der Waals surface area (Å²) >= 11 is 0. The van der Waals surface area contributed by atoms with E-state index in [4.69, 9.17) is 10.2 Å². The average molecular weight is 241 g/mol. The molecule has 1 atom stereocenters. The second kappa shape index (κ2) is 5.64. The summed E-state index contributed by atoms with van der Waals surface area (Å²) in [6, 6.07) is -1.90. The number of nitrogens with one attached hydrogen (secondary N) is 1. The van der Waals surface area contributed by atoms with E-state index >= 15 is 0 Å². The van der Waals surface area contributed by atoms with E-state index in [0.717, 1.165) is 4.57 Å². The summed E-state index contributed by atoms with van der Waals surface area (Å²) in [6.45, 7) is 0. The maximum absolute atomic E-state index is 11.5. The summed E-state index contributed by atoms with van der Waals surface area (Å²) in [5.41, 5.74) is 0. The lowest BCUT2D eigenvalue weighted by molar-refractivity contribution is -0.140. The van der Waals surface area contributed by atoms with Crippen LogP contribution >= 0.6 is 0 Å². The normalized spacial score (nSPS) is 11.8. The number of nitrogens with zero attached hydrogens (tertiary/aromatic N) is 2. The summed E-state index contributed by atoms with van der Waals surface area (Å²) in [7, 11) is 0. The SMILES string of the molecule is O=C(O)CC[C@@H](NC(=O)n1ccnc1)C(=O)O. The fourth-order valence-electron chi connectivity index (χ4n) is 1.13. The number of aromatic nitrogens is 2. The molecule has 0 aliphatic carbocycles. The Morgan fingerprint density at radius 1 is 1.35 bits per heavy atom. The molecule has 17 heavy (non-hydrogen) atoms. The molecule has 0 saturated carbocycles. The molecular weight excluding hydrogens is 230 g/mol. The van der Waals surface area contributed by atoms with E-state index < -0.39 is 24.0 Å². The number of aliphatic carboxylic acids is 2. The number of carbonyl (C=O) groups excluding carboxylic acids is 1. The van der Waals surface area contributed by atoms with Crippen molar-refractivity contribution in [2.24, 2.45) is 0 Å². The van der Waals surface area contributed by atoms with Crippen molar-refractivity contribution in [3.63, 3.8) is 0 Å². The van der Waals surface area contributed by atoms with Gasteiger partial charge >= 0.3 is 18.0 Å². The zero-order chi connectivity index (χ0) is 12.8. The predicted molar refractivity (Wildman–Crippen MR) is 54.5 cm³/mol. The van der Waals surface area contributed by atoms with E-state index in [1.165, 1.54) is 18.7 Å². The monoisotopic (exact) mass is 241 g/mol. The van der Waals surface area contributed by atoms with Crippen molar-refractivity contribution in [1.29, 1.82) is 0 Å². The van der Waals surface area contributed by atoms with Crippen LogP contribution in [-0.2, 0) is 9.59 Å². The van der Waals surface area contributed by atoms with Gasteiger partial charge in [-0.2, -0.15) is 0 Å². The molecule has 8 nitrogen and oxygen atoms in total. The second-order valence-electron chi connectivity index (χ2n) is 3.24. The number of carboxylic acid groups (broad SMARTS) is 2. The van der Waals surface area contributed by atoms with Crippen molar-refractivity contribution in [1.82, 2.24) is 14.9 Å². The molecule has 0 aliphatic heterocycles. The fraction of sp³-hybridized carbons (Fsp3) is 0.333. The fourth-order valence-corrected chi connectivity index (χ4v) is 1.13. The topological polar surface area (TPSA) is 122 Å². The Morgan fingerprint density at radius 3 is 2.53 bits per heavy atom. The molecule has 0 saturated heterocycles. The lowest BCUT2D eigenvalue weighted by atomic mass is 10.1. The summed E-state index contributed by atoms with van der Waals surface area (Å²) in [5, 5.41) is 19.4. The van der Waals surface area contributed by atoms with Gasteiger partial charge in [-0.1, -0.05) is 0 Å². The minimum atomic E-state index is -1.28. The zero-order valence-electron chi connectivity index (χ0n) is 8.74. The first-order valence-electron chi connectivity index (χ1n) is 4.74. The maximum Gasteiger partial charge on any atom is 0.327 e. The minimum absolute atomic E-state index is 0.175. The number of rotatable bonds is 5. The quantitative estimate of drug-likeness (QED) is 0.654. The molecule has 8 heteroatoms. The summed E-state index contributed by atoms with van der Waals surface area (Å²) in [4.78, 5) is 36.2. The van der Waals surface area contributed by atoms with Gasteiger partial charge in [-0.05, 0) is 6.42 Å². The zero-order valence-corrected chi connectivity index (χ0v) is 8.74. The van der Waals surface area contributed by atoms with Crippen LogP contribution in [0.1, 0.15) is 12.8 Å². The van der Waals surface area contributed by atoms with Crippen LogP contribution in [0.25, 0.3) is 0 Å². The van der Waals surface area contributed by atoms with Gasteiger partial charge in [0.2, 0.25) is 0 Å². The van der Waals surface area contributed by atoms with Crippen LogP contribution in [-0.4, -0.2) is 43.8 Å². The highest BCUT2D eigenvalue weighted by Crippen LogP contribution is 1.99. The first-order valence-corrected chi connectivity index (χ1v) is 4.74. The Bertz CT molecular complexity index is 414. The standard InChI is InChI=1S/C9H11N3O5/c13-7(14)2-1-6(8(15)16)11-9(17)12-4-3-10-5-12/h3-6H,1-2H2,(H,11,17)(H,13,14)(H,15,16)/t6-/m1/s1. The predicted octanol–water partition coefficient (Wildman–Crippen LogP) is -0.241. The van der Waals surface area contributed by atoms with E-state index in [1.807, 2.05) is 0 Å². The third-order valence-electron chi connectivity index (χ3n) is 1.98. The third-order valence-corrected chi connectivity index (χ3v) is 1.98. The van der Waals surface area contributed by atoms with Crippen molar-refractivity contribution in [3.05, 3.63) is 18.7 Å². The highest BCUT2D eigenvalue weighted by Gasteiger charge is 2.21. The Kier molecular flexibility index (Phi) is 4.21. The van der Waals surface area contributed by atoms with Crippen molar-refractivity contribution in [2.45, 2.75) is 18.9 Å². The molecule has 1 amide bonds.